The minimum Gasteiger partial charge on any atom is -0.352 e. The second kappa shape index (κ2) is 12.9. The van der Waals surface area contributed by atoms with Crippen LogP contribution in [0.25, 0.3) is 0 Å². The maximum Gasteiger partial charge on any atom is 0.246 e. The summed E-state index contributed by atoms with van der Waals surface area (Å²) < 4.78 is 0. The lowest BCUT2D eigenvalue weighted by Gasteiger charge is -2.36. The Hall–Kier alpha value is -2.94. The molecular formula is C27H43N5O4. The van der Waals surface area contributed by atoms with Gasteiger partial charge in [-0.3, -0.25) is 19.2 Å². The third kappa shape index (κ3) is 7.53. The maximum atomic E-state index is 13.9. The molecule has 1 fully saturated rings. The van der Waals surface area contributed by atoms with Crippen molar-refractivity contribution in [3.8, 4) is 0 Å². The molecule has 0 unspecified atom stereocenters. The normalized spacial score (nSPS) is 20.2. The van der Waals surface area contributed by atoms with Crippen molar-refractivity contribution in [2.45, 2.75) is 91.0 Å². The van der Waals surface area contributed by atoms with Crippen LogP contribution in [0.5, 0.6) is 0 Å². The number of benzene rings is 1. The van der Waals surface area contributed by atoms with Gasteiger partial charge in [0.25, 0.3) is 0 Å². The third-order valence-electron chi connectivity index (χ3n) is 6.73. The van der Waals surface area contributed by atoms with Gasteiger partial charge in [0.2, 0.25) is 23.6 Å². The van der Waals surface area contributed by atoms with E-state index < -0.39 is 23.5 Å². The van der Waals surface area contributed by atoms with Crippen LogP contribution in [0.3, 0.4) is 0 Å². The van der Waals surface area contributed by atoms with Crippen LogP contribution in [-0.2, 0) is 19.2 Å². The molecule has 1 aliphatic rings. The summed E-state index contributed by atoms with van der Waals surface area (Å²) in [5, 5.41) is 11.8. The van der Waals surface area contributed by atoms with E-state index in [1.165, 1.54) is 4.90 Å². The van der Waals surface area contributed by atoms with Gasteiger partial charge >= 0.3 is 0 Å². The number of carbonyl (C=O) groups is 4. The number of carbonyl (C=O) groups excluding carboxylic acids is 4. The summed E-state index contributed by atoms with van der Waals surface area (Å²) in [5.74, 6) is -1.03. The van der Waals surface area contributed by atoms with Gasteiger partial charge in [-0.15, -0.1) is 0 Å². The number of hydrogen-bond donors (Lipinski definition) is 4. The molecule has 1 heterocycles. The van der Waals surface area contributed by atoms with Crippen molar-refractivity contribution >= 4 is 23.6 Å². The van der Waals surface area contributed by atoms with Crippen LogP contribution < -0.4 is 21.3 Å². The van der Waals surface area contributed by atoms with E-state index >= 15 is 0 Å². The predicted molar refractivity (Wildman–Crippen MR) is 140 cm³/mol. The first-order chi connectivity index (χ1) is 16.9. The van der Waals surface area contributed by atoms with Crippen LogP contribution in [0, 0.1) is 5.41 Å². The number of likely N-dealkylation sites (tertiary alicyclic amines) is 1. The highest BCUT2D eigenvalue weighted by Gasteiger charge is 2.45. The fraction of sp³-hybridized carbons (Fsp3) is 0.630. The van der Waals surface area contributed by atoms with E-state index in [9.17, 15) is 19.2 Å². The lowest BCUT2D eigenvalue weighted by atomic mass is 9.85. The van der Waals surface area contributed by atoms with Gasteiger partial charge in [0, 0.05) is 19.0 Å². The highest BCUT2D eigenvalue weighted by molar-refractivity contribution is 5.94. The fourth-order valence-corrected chi connectivity index (χ4v) is 4.35. The summed E-state index contributed by atoms with van der Waals surface area (Å²) >= 11 is 0. The summed E-state index contributed by atoms with van der Waals surface area (Å²) in [4.78, 5) is 53.7. The quantitative estimate of drug-likeness (QED) is 0.390. The molecule has 2 rings (SSSR count). The van der Waals surface area contributed by atoms with Crippen molar-refractivity contribution in [3.63, 3.8) is 0 Å². The molecule has 9 nitrogen and oxygen atoms in total. The van der Waals surface area contributed by atoms with E-state index in [2.05, 4.69) is 21.3 Å². The van der Waals surface area contributed by atoms with E-state index in [0.29, 0.717) is 19.3 Å². The Bertz CT molecular complexity index is 914. The molecule has 1 aromatic carbocycles. The average Bonchev–Trinajstić information content (AvgIpc) is 3.28. The first-order valence-electron chi connectivity index (χ1n) is 12.9. The van der Waals surface area contributed by atoms with Crippen LogP contribution in [0.2, 0.25) is 0 Å². The minimum absolute atomic E-state index is 0.132. The Morgan fingerprint density at radius 3 is 2.22 bits per heavy atom. The lowest BCUT2D eigenvalue weighted by molar-refractivity contribution is -0.144. The molecule has 0 radical (unpaired) electrons. The van der Waals surface area contributed by atoms with Crippen molar-refractivity contribution < 1.29 is 19.2 Å². The van der Waals surface area contributed by atoms with Gasteiger partial charge in [-0.25, -0.2) is 0 Å². The van der Waals surface area contributed by atoms with E-state index in [-0.39, 0.29) is 42.3 Å². The Morgan fingerprint density at radius 1 is 1.06 bits per heavy atom. The number of rotatable bonds is 10. The number of likely N-dealkylation sites (N-methyl/N-ethyl adjacent to an activating group) is 1. The van der Waals surface area contributed by atoms with E-state index in [0.717, 1.165) is 5.56 Å². The Labute approximate surface area is 215 Å². The summed E-state index contributed by atoms with van der Waals surface area (Å²) in [6, 6.07) is 7.07. The van der Waals surface area contributed by atoms with Gasteiger partial charge < -0.3 is 26.2 Å². The van der Waals surface area contributed by atoms with Crippen LogP contribution in [0.4, 0.5) is 0 Å². The maximum absolute atomic E-state index is 13.9. The summed E-state index contributed by atoms with van der Waals surface area (Å²) in [6.45, 7) is 11.3. The van der Waals surface area contributed by atoms with Crippen molar-refractivity contribution in [1.82, 2.24) is 26.2 Å². The molecule has 36 heavy (non-hydrogen) atoms. The van der Waals surface area contributed by atoms with Crippen molar-refractivity contribution in [2.75, 3.05) is 13.6 Å². The highest BCUT2D eigenvalue weighted by atomic mass is 16.2. The van der Waals surface area contributed by atoms with E-state index in [1.807, 2.05) is 58.0 Å². The van der Waals surface area contributed by atoms with Crippen LogP contribution in [0.1, 0.15) is 72.4 Å². The van der Waals surface area contributed by atoms with Gasteiger partial charge in [0.15, 0.2) is 0 Å². The smallest absolute Gasteiger partial charge is 0.246 e. The van der Waals surface area contributed by atoms with Gasteiger partial charge in [0.1, 0.15) is 12.1 Å². The number of nitrogens with one attached hydrogen (secondary N) is 4. The van der Waals surface area contributed by atoms with Crippen molar-refractivity contribution in [2.24, 2.45) is 5.41 Å². The van der Waals surface area contributed by atoms with E-state index in [4.69, 9.17) is 0 Å². The first-order valence-corrected chi connectivity index (χ1v) is 12.9. The Balaban J connectivity index is 2.33. The van der Waals surface area contributed by atoms with Crippen LogP contribution in [0.15, 0.2) is 30.3 Å². The molecule has 200 valence electrons. The molecule has 0 spiro atoms. The van der Waals surface area contributed by atoms with Crippen LogP contribution in [-0.4, -0.2) is 66.3 Å². The highest BCUT2D eigenvalue weighted by Crippen LogP contribution is 2.27. The molecule has 5 atom stereocenters. The summed E-state index contributed by atoms with van der Waals surface area (Å²) in [5.41, 5.74) is 0.392. The SMILES string of the molecule is CCC(=O)N[C@H]1C[C@@H](C(=O)N[C@H](CC)c2ccccc2)N(C(=O)[C@@H](NC(=O)[C@H](C)NC)C(C)(C)C)C1. The Morgan fingerprint density at radius 2 is 1.69 bits per heavy atom. The molecule has 4 amide bonds. The largest absolute Gasteiger partial charge is 0.352 e. The van der Waals surface area contributed by atoms with Gasteiger partial charge in [-0.2, -0.15) is 0 Å². The Kier molecular flexibility index (Phi) is 10.5. The second-order valence-electron chi connectivity index (χ2n) is 10.6. The number of amides is 4. The molecule has 4 N–H and O–H groups in total. The summed E-state index contributed by atoms with van der Waals surface area (Å²) in [6.07, 6.45) is 1.32. The zero-order chi connectivity index (χ0) is 27.0. The van der Waals surface area contributed by atoms with Crippen molar-refractivity contribution in [3.05, 3.63) is 35.9 Å². The molecular weight excluding hydrogens is 458 g/mol. The predicted octanol–water partition coefficient (Wildman–Crippen LogP) is 1.89. The van der Waals surface area contributed by atoms with E-state index in [1.54, 1.807) is 20.9 Å². The topological polar surface area (TPSA) is 120 Å². The lowest BCUT2D eigenvalue weighted by Crippen LogP contribution is -2.59. The zero-order valence-corrected chi connectivity index (χ0v) is 22.7. The molecule has 9 heteroatoms. The summed E-state index contributed by atoms with van der Waals surface area (Å²) in [7, 11) is 1.68. The first kappa shape index (κ1) is 29.3. The molecule has 0 saturated carbocycles. The third-order valence-corrected chi connectivity index (χ3v) is 6.73. The van der Waals surface area contributed by atoms with Gasteiger partial charge in [-0.1, -0.05) is 65.0 Å². The van der Waals surface area contributed by atoms with Crippen molar-refractivity contribution in [1.29, 1.82) is 0 Å². The minimum atomic E-state index is -0.840. The molecule has 1 aliphatic heterocycles. The average molecular weight is 502 g/mol. The van der Waals surface area contributed by atoms with Gasteiger partial charge in [-0.05, 0) is 37.8 Å². The number of nitrogens with zero attached hydrogens (tertiary/aromatic N) is 1. The molecule has 1 aromatic rings. The molecule has 0 aromatic heterocycles. The monoisotopic (exact) mass is 501 g/mol. The fourth-order valence-electron chi connectivity index (χ4n) is 4.35. The van der Waals surface area contributed by atoms with Gasteiger partial charge in [0.05, 0.1) is 12.1 Å². The molecule has 0 aliphatic carbocycles. The zero-order valence-electron chi connectivity index (χ0n) is 22.7. The molecule has 1 saturated heterocycles. The number of hydrogen-bond acceptors (Lipinski definition) is 5. The van der Waals surface area contributed by atoms with Crippen LogP contribution >= 0.6 is 0 Å². The standard InChI is InChI=1S/C27H43N5O4/c1-8-20(18-13-11-10-12-14-18)30-25(35)21-15-19(29-22(33)9-2)16-32(21)26(36)23(27(4,5)6)31-24(34)17(3)28-7/h10-14,17,19-21,23,28H,8-9,15-16H2,1-7H3,(H,29,33)(H,30,35)(H,31,34)/t17-,19-,20+,21-,23+/m0/s1. The molecule has 0 bridgehead atoms. The second-order valence-corrected chi connectivity index (χ2v) is 10.6.